The quantitative estimate of drug-likeness (QED) is 0.103. The van der Waals surface area contributed by atoms with Crippen LogP contribution in [0.5, 0.6) is 5.75 Å². The summed E-state index contributed by atoms with van der Waals surface area (Å²) in [6.45, 7) is 7.32. The molecule has 0 fully saturated rings. The molecule has 1 aliphatic heterocycles. The van der Waals surface area contributed by atoms with Crippen molar-refractivity contribution in [3.8, 4) is 5.75 Å². The molecule has 28 nitrogen and oxygen atoms in total. The van der Waals surface area contributed by atoms with Crippen molar-refractivity contribution >= 4 is 94.4 Å². The number of thioether (sulfide) groups is 2. The molecule has 0 saturated carbocycles. The third-order valence-corrected chi connectivity index (χ3v) is 15.4. The molecule has 2 bridgehead atoms. The van der Waals surface area contributed by atoms with E-state index in [1.165, 1.54) is 67.2 Å². The molecule has 2 heterocycles. The number of hydrogen-bond acceptors (Lipinski definition) is 17. The molecule has 0 radical (unpaired) electrons. The van der Waals surface area contributed by atoms with Crippen LogP contribution < -0.4 is 64.2 Å². The minimum absolute atomic E-state index is 0.0133. The van der Waals surface area contributed by atoms with Crippen LogP contribution in [-0.2, 0) is 81.9 Å². The Bertz CT molecular complexity index is 2850. The highest BCUT2D eigenvalue weighted by Gasteiger charge is 2.37. The van der Waals surface area contributed by atoms with Crippen LogP contribution in [0.3, 0.4) is 0 Å². The highest BCUT2D eigenvalue weighted by Crippen LogP contribution is 2.22. The van der Waals surface area contributed by atoms with Crippen LogP contribution in [-0.4, -0.2) is 177 Å². The van der Waals surface area contributed by atoms with Gasteiger partial charge in [-0.3, -0.25) is 57.5 Å². The molecule has 30 heteroatoms. The smallest absolute Gasteiger partial charge is 0.245 e. The van der Waals surface area contributed by atoms with E-state index in [9.17, 15) is 67.7 Å². The number of phenols is 1. The van der Waals surface area contributed by atoms with Crippen LogP contribution in [0.25, 0.3) is 0 Å². The molecule has 8 atom stereocenters. The van der Waals surface area contributed by atoms with Crippen molar-refractivity contribution in [2.45, 2.75) is 146 Å². The van der Waals surface area contributed by atoms with Gasteiger partial charge < -0.3 is 79.4 Å². The van der Waals surface area contributed by atoms with Gasteiger partial charge in [-0.1, -0.05) is 83.9 Å². The third-order valence-electron chi connectivity index (χ3n) is 13.3. The lowest BCUT2D eigenvalue weighted by molar-refractivity contribution is -0.136. The second-order valence-electron chi connectivity index (χ2n) is 21.8. The van der Waals surface area contributed by atoms with Crippen LogP contribution in [0.15, 0.2) is 61.1 Å². The zero-order valence-electron chi connectivity index (χ0n) is 49.6. The molecule has 3 aromatic rings. The number of imidazole rings is 1. The van der Waals surface area contributed by atoms with Gasteiger partial charge in [0.2, 0.25) is 70.9 Å². The Morgan fingerprint density at radius 1 is 0.621 bits per heavy atom. The maximum absolute atomic E-state index is 14.5. The van der Waals surface area contributed by atoms with Crippen molar-refractivity contribution in [1.82, 2.24) is 68.5 Å². The number of aliphatic hydroxyl groups is 1. The van der Waals surface area contributed by atoms with Gasteiger partial charge in [-0.2, -0.15) is 23.5 Å². The maximum atomic E-state index is 14.5. The van der Waals surface area contributed by atoms with Gasteiger partial charge in [0.15, 0.2) is 0 Å². The first kappa shape index (κ1) is 71.2. The topological polar surface area (TPSA) is 432 Å². The Labute approximate surface area is 512 Å². The minimum Gasteiger partial charge on any atom is -0.508 e. The van der Waals surface area contributed by atoms with E-state index in [2.05, 4.69) is 68.5 Å². The van der Waals surface area contributed by atoms with Crippen LogP contribution >= 0.6 is 23.5 Å². The summed E-state index contributed by atoms with van der Waals surface area (Å²) in [6, 6.07) is 4.23. The predicted octanol–water partition coefficient (Wildman–Crippen LogP) is -2.16. The Morgan fingerprint density at radius 2 is 1.15 bits per heavy atom. The summed E-state index contributed by atoms with van der Waals surface area (Å²) >= 11 is 2.80. The molecule has 1 aromatic heterocycles. The van der Waals surface area contributed by atoms with Crippen molar-refractivity contribution in [1.29, 1.82) is 0 Å². The molecule has 1 unspecified atom stereocenters. The molecule has 476 valence electrons. The van der Waals surface area contributed by atoms with E-state index in [-0.39, 0.29) is 43.6 Å². The van der Waals surface area contributed by atoms with E-state index in [0.717, 1.165) is 11.1 Å². The van der Waals surface area contributed by atoms with Crippen molar-refractivity contribution in [2.24, 2.45) is 11.1 Å². The van der Waals surface area contributed by atoms with E-state index >= 15 is 0 Å². The molecule has 0 spiro atoms. The van der Waals surface area contributed by atoms with Crippen molar-refractivity contribution in [3.05, 3.63) is 83.4 Å². The molecular formula is C57H82N14O14S2. The summed E-state index contributed by atoms with van der Waals surface area (Å²) in [6.07, 6.45) is 1.81. The number of primary amides is 1. The first-order valence-electron chi connectivity index (χ1n) is 28.4. The number of aromatic hydroxyl groups is 1. The van der Waals surface area contributed by atoms with Crippen LogP contribution in [0, 0.1) is 5.41 Å². The van der Waals surface area contributed by atoms with Gasteiger partial charge in [-0.25, -0.2) is 4.98 Å². The Hall–Kier alpha value is -8.25. The van der Waals surface area contributed by atoms with Gasteiger partial charge in [0, 0.05) is 54.2 Å². The fourth-order valence-electron chi connectivity index (χ4n) is 8.60. The number of amides is 12. The summed E-state index contributed by atoms with van der Waals surface area (Å²) < 4.78 is 0. The average molecular weight is 1250 g/mol. The summed E-state index contributed by atoms with van der Waals surface area (Å²) in [5.41, 5.74) is 7.41. The Kier molecular flexibility index (Phi) is 29.5. The number of hydrogen-bond donors (Lipinski definition) is 15. The molecule has 16 N–H and O–H groups in total. The standard InChI is InChI=1S/C57H82N14O14S2/c1-7-10-38-51(80)61-24-44(75)60-25-45(76)65-39(11-8-2)52(81)62-26-47(78)67-42(50(58)79)30-87-29-35-13-9-12-34(20-35)28-86-19-18-43(74)70-49(57(4,5)6)56(85)69-40(21-33-14-16-37(73)17-15-33)53(82)68-41(22-36-23-59-31-64-36)54(83)71-48(32(3)72)55(84)63-27-46(77)66-38/h9,12-17,20,23,31-32,38-42,48-49,72-73H,7-8,10-11,18-19,21-22,24-30H2,1-6H3,(H2,58,79)(H,59,64)(H,60,75)(H,61,80)(H,62,81)(H,63,84)(H,65,76)(H,66,77)(H,67,78)(H,68,82)(H,69,85)(H,70,74)(H,71,83)/t32-,38+,39+,40+,41+,42+,48+,49?/m1/s1. The molecule has 87 heavy (non-hydrogen) atoms. The van der Waals surface area contributed by atoms with Gasteiger partial charge in [-0.05, 0) is 54.0 Å². The number of aliphatic hydroxyl groups excluding tert-OH is 1. The summed E-state index contributed by atoms with van der Waals surface area (Å²) in [4.78, 5) is 168. The zero-order chi connectivity index (χ0) is 64.2. The number of carbonyl (C=O) groups excluding carboxylic acids is 12. The second kappa shape index (κ2) is 36.0. The summed E-state index contributed by atoms with van der Waals surface area (Å²) in [5, 5.41) is 48.5. The zero-order valence-corrected chi connectivity index (χ0v) is 51.3. The Balaban J connectivity index is 1.59. The van der Waals surface area contributed by atoms with Gasteiger partial charge >= 0.3 is 0 Å². The first-order chi connectivity index (χ1) is 41.3. The number of aromatic amines is 1. The van der Waals surface area contributed by atoms with Crippen molar-refractivity contribution in [2.75, 3.05) is 37.7 Å². The maximum Gasteiger partial charge on any atom is 0.245 e. The highest BCUT2D eigenvalue weighted by molar-refractivity contribution is 7.98. The average Bonchev–Trinajstić information content (AvgIpc) is 3.79. The molecular weight excluding hydrogens is 1170 g/mol. The number of nitrogens with two attached hydrogens (primary N) is 1. The normalized spacial score (nSPS) is 23.2. The van der Waals surface area contributed by atoms with Crippen molar-refractivity contribution in [3.63, 3.8) is 0 Å². The molecule has 4 rings (SSSR count). The molecule has 1 aliphatic rings. The monoisotopic (exact) mass is 1250 g/mol. The van der Waals surface area contributed by atoms with Crippen molar-refractivity contribution < 1.29 is 67.7 Å². The van der Waals surface area contributed by atoms with Crippen LogP contribution in [0.1, 0.15) is 96.0 Å². The lowest BCUT2D eigenvalue weighted by Crippen LogP contribution is -2.61. The molecule has 2 aromatic carbocycles. The number of rotatable bonds is 10. The minimum atomic E-state index is -1.72. The fraction of sp³-hybridized carbons (Fsp3) is 0.526. The third kappa shape index (κ3) is 25.7. The number of H-pyrrole nitrogens is 1. The predicted molar refractivity (Wildman–Crippen MR) is 323 cm³/mol. The number of aromatic nitrogens is 2. The van der Waals surface area contributed by atoms with Gasteiger partial charge in [0.25, 0.3) is 0 Å². The first-order valence-corrected chi connectivity index (χ1v) is 30.7. The summed E-state index contributed by atoms with van der Waals surface area (Å²) in [7, 11) is 0. The molecule has 0 aliphatic carbocycles. The number of fused-ring (bicyclic) bond motifs is 2. The Morgan fingerprint density at radius 3 is 1.70 bits per heavy atom. The van der Waals surface area contributed by atoms with Gasteiger partial charge in [0.05, 0.1) is 38.6 Å². The lowest BCUT2D eigenvalue weighted by Gasteiger charge is -2.32. The SMILES string of the molecule is CCC[C@@H]1NC(=O)CNC(=O)CNC(=O)[C@H](CCC)NC(=O)CNC(=O)[C@H]([C@@H](C)O)NC(=O)[C@H](Cc2cnc[nH]2)NC(=O)[C@H](Cc2ccc(O)cc2)NC(=O)C(C(C)(C)C)NC(=O)CCSCc2cccc(c2)CSC[C@@H](C(N)=O)NC(=O)CNC1=O. The fourth-order valence-corrected chi connectivity index (χ4v) is 10.5. The molecule has 0 saturated heterocycles. The number of phenolic OH excluding ortho intramolecular Hbond substituents is 1. The summed E-state index contributed by atoms with van der Waals surface area (Å²) in [5.74, 6) is -8.19. The lowest BCUT2D eigenvalue weighted by atomic mass is 9.85. The van der Waals surface area contributed by atoms with Gasteiger partial charge in [-0.15, -0.1) is 0 Å². The van der Waals surface area contributed by atoms with Crippen LogP contribution in [0.2, 0.25) is 0 Å². The number of benzene rings is 2. The molecule has 12 amide bonds. The highest BCUT2D eigenvalue weighted by atomic mass is 32.2. The largest absolute Gasteiger partial charge is 0.508 e. The van der Waals surface area contributed by atoms with E-state index < -0.39 is 151 Å². The van der Waals surface area contributed by atoms with E-state index in [0.29, 0.717) is 41.4 Å². The van der Waals surface area contributed by atoms with Gasteiger partial charge in [0.1, 0.15) is 48.0 Å². The van der Waals surface area contributed by atoms with E-state index in [4.69, 9.17) is 5.73 Å². The second-order valence-corrected chi connectivity index (χ2v) is 23.9. The number of carbonyl (C=O) groups is 12. The number of nitrogens with one attached hydrogen (secondary N) is 12. The van der Waals surface area contributed by atoms with E-state index in [1.807, 2.05) is 24.3 Å². The van der Waals surface area contributed by atoms with Crippen LogP contribution in [0.4, 0.5) is 0 Å². The number of nitrogens with zero attached hydrogens (tertiary/aromatic N) is 1. The van der Waals surface area contributed by atoms with E-state index in [1.54, 1.807) is 34.6 Å².